The second-order valence-corrected chi connectivity index (χ2v) is 7.59. The third kappa shape index (κ3) is 6.18. The van der Waals surface area contributed by atoms with Crippen LogP contribution in [0, 0.1) is 6.92 Å². The van der Waals surface area contributed by atoms with Gasteiger partial charge in [0, 0.05) is 18.0 Å². The maximum Gasteiger partial charge on any atom is 0.262 e. The molecule has 168 valence electrons. The molecule has 7 nitrogen and oxygen atoms in total. The molecule has 0 bridgehead atoms. The third-order valence-electron chi connectivity index (χ3n) is 4.60. The first-order valence-corrected chi connectivity index (χ1v) is 10.5. The molecular weight excluding hydrogens is 455 g/mol. The van der Waals surface area contributed by atoms with Crippen molar-refractivity contribution in [1.82, 2.24) is 4.57 Å². The Hall–Kier alpha value is -3.16. The Labute approximate surface area is 195 Å². The zero-order valence-electron chi connectivity index (χ0n) is 17.6. The van der Waals surface area contributed by atoms with Gasteiger partial charge >= 0.3 is 0 Å². The molecule has 3 rings (SSSR count). The van der Waals surface area contributed by atoms with Crippen molar-refractivity contribution in [2.45, 2.75) is 13.5 Å². The molecule has 0 atom stereocenters. The lowest BCUT2D eigenvalue weighted by atomic mass is 10.3. The van der Waals surface area contributed by atoms with Gasteiger partial charge in [-0.15, -0.1) is 0 Å². The summed E-state index contributed by atoms with van der Waals surface area (Å²) in [4.78, 5) is 24.5. The van der Waals surface area contributed by atoms with Crippen molar-refractivity contribution in [2.75, 3.05) is 25.6 Å². The van der Waals surface area contributed by atoms with E-state index in [1.165, 1.54) is 12.1 Å². The molecule has 32 heavy (non-hydrogen) atoms. The summed E-state index contributed by atoms with van der Waals surface area (Å²) in [5.41, 5.74) is 0.765. The Bertz CT molecular complexity index is 1150. The number of ether oxygens (including phenoxy) is 3. The van der Waals surface area contributed by atoms with Crippen molar-refractivity contribution in [1.29, 1.82) is 0 Å². The summed E-state index contributed by atoms with van der Waals surface area (Å²) in [7, 11) is 1.60. The molecule has 1 aromatic heterocycles. The van der Waals surface area contributed by atoms with E-state index in [0.29, 0.717) is 40.3 Å². The second-order valence-electron chi connectivity index (χ2n) is 6.78. The van der Waals surface area contributed by atoms with E-state index >= 15 is 0 Å². The van der Waals surface area contributed by atoms with E-state index in [9.17, 15) is 9.59 Å². The van der Waals surface area contributed by atoms with Gasteiger partial charge in [-0.3, -0.25) is 9.59 Å². The molecular formula is C23H22Cl2N2O5. The minimum Gasteiger partial charge on any atom is -0.497 e. The number of carbonyl (C=O) groups is 1. The number of methoxy groups -OCH3 is 1. The molecule has 2 aromatic carbocycles. The minimum absolute atomic E-state index is 0.112. The maximum absolute atomic E-state index is 12.3. The molecule has 0 spiro atoms. The third-order valence-corrected chi connectivity index (χ3v) is 5.34. The molecule has 3 aromatic rings. The Morgan fingerprint density at radius 2 is 1.72 bits per heavy atom. The van der Waals surface area contributed by atoms with Gasteiger partial charge in [0.15, 0.2) is 12.4 Å². The fourth-order valence-electron chi connectivity index (χ4n) is 2.91. The monoisotopic (exact) mass is 476 g/mol. The van der Waals surface area contributed by atoms with E-state index in [0.717, 1.165) is 5.75 Å². The number of halogens is 2. The van der Waals surface area contributed by atoms with Crippen molar-refractivity contribution in [3.8, 4) is 17.2 Å². The van der Waals surface area contributed by atoms with Crippen LogP contribution in [0.4, 0.5) is 5.69 Å². The molecule has 0 fully saturated rings. The Morgan fingerprint density at radius 1 is 1.00 bits per heavy atom. The molecule has 1 amide bonds. The topological polar surface area (TPSA) is 78.8 Å². The van der Waals surface area contributed by atoms with Crippen LogP contribution in [-0.2, 0) is 11.3 Å². The highest BCUT2D eigenvalue weighted by Crippen LogP contribution is 2.25. The number of carbonyl (C=O) groups excluding carboxylic acids is 1. The van der Waals surface area contributed by atoms with Crippen LogP contribution in [0.5, 0.6) is 17.2 Å². The summed E-state index contributed by atoms with van der Waals surface area (Å²) >= 11 is 11.8. The van der Waals surface area contributed by atoms with E-state index in [1.54, 1.807) is 32.4 Å². The summed E-state index contributed by atoms with van der Waals surface area (Å²) in [5, 5.41) is 3.36. The zero-order chi connectivity index (χ0) is 23.1. The molecule has 0 saturated heterocycles. The average Bonchev–Trinajstić information content (AvgIpc) is 2.78. The zero-order valence-corrected chi connectivity index (χ0v) is 19.1. The fraction of sp³-hybridized carbons (Fsp3) is 0.217. The summed E-state index contributed by atoms with van der Waals surface area (Å²) in [5.74, 6) is 1.14. The van der Waals surface area contributed by atoms with Gasteiger partial charge in [-0.05, 0) is 49.4 Å². The lowest BCUT2D eigenvalue weighted by Gasteiger charge is -2.15. The minimum atomic E-state index is -0.430. The van der Waals surface area contributed by atoms with E-state index in [-0.39, 0.29) is 17.8 Å². The van der Waals surface area contributed by atoms with Gasteiger partial charge in [-0.2, -0.15) is 0 Å². The van der Waals surface area contributed by atoms with Gasteiger partial charge < -0.3 is 24.1 Å². The molecule has 0 unspecified atom stereocenters. The van der Waals surface area contributed by atoms with Crippen molar-refractivity contribution < 1.29 is 19.0 Å². The van der Waals surface area contributed by atoms with Crippen molar-refractivity contribution in [3.63, 3.8) is 0 Å². The van der Waals surface area contributed by atoms with Crippen LogP contribution >= 0.6 is 23.2 Å². The first kappa shape index (κ1) is 23.5. The van der Waals surface area contributed by atoms with Gasteiger partial charge in [0.05, 0.1) is 29.4 Å². The maximum atomic E-state index is 12.3. The first-order chi connectivity index (χ1) is 15.4. The number of pyridine rings is 1. The van der Waals surface area contributed by atoms with Crippen LogP contribution in [-0.4, -0.2) is 30.8 Å². The van der Waals surface area contributed by atoms with Crippen molar-refractivity contribution in [2.24, 2.45) is 0 Å². The average molecular weight is 477 g/mol. The number of anilines is 1. The number of hydrogen-bond donors (Lipinski definition) is 1. The molecule has 0 aliphatic heterocycles. The number of nitrogens with one attached hydrogen (secondary N) is 1. The lowest BCUT2D eigenvalue weighted by Crippen LogP contribution is -2.24. The Morgan fingerprint density at radius 3 is 2.41 bits per heavy atom. The fourth-order valence-corrected chi connectivity index (χ4v) is 3.21. The molecule has 0 aliphatic rings. The number of rotatable bonds is 9. The van der Waals surface area contributed by atoms with E-state index < -0.39 is 5.91 Å². The Kier molecular flexibility index (Phi) is 8.03. The SMILES string of the molecule is COc1ccc(OCCn2ccc(=O)c(OCC(=O)Nc3ccc(Cl)c(Cl)c3)c2C)cc1. The van der Waals surface area contributed by atoms with Crippen LogP contribution in [0.25, 0.3) is 0 Å². The number of nitrogens with zero attached hydrogens (tertiary/aromatic N) is 1. The number of benzene rings is 2. The largest absolute Gasteiger partial charge is 0.497 e. The quantitative estimate of drug-likeness (QED) is 0.489. The summed E-state index contributed by atoms with van der Waals surface area (Å²) in [6.07, 6.45) is 1.66. The molecule has 1 N–H and O–H groups in total. The smallest absolute Gasteiger partial charge is 0.262 e. The number of hydrogen-bond acceptors (Lipinski definition) is 5. The van der Waals surface area contributed by atoms with E-state index in [1.807, 2.05) is 28.8 Å². The van der Waals surface area contributed by atoms with Crippen LogP contribution in [0.1, 0.15) is 5.69 Å². The summed E-state index contributed by atoms with van der Waals surface area (Å²) in [6.45, 7) is 2.29. The van der Waals surface area contributed by atoms with Crippen LogP contribution < -0.4 is 25.0 Å². The second kappa shape index (κ2) is 10.9. The molecule has 9 heteroatoms. The molecule has 1 heterocycles. The first-order valence-electron chi connectivity index (χ1n) is 9.72. The lowest BCUT2D eigenvalue weighted by molar-refractivity contribution is -0.118. The predicted octanol–water partition coefficient (Wildman–Crippen LogP) is 4.57. The Balaban J connectivity index is 1.58. The highest BCUT2D eigenvalue weighted by atomic mass is 35.5. The predicted molar refractivity (Wildman–Crippen MR) is 125 cm³/mol. The van der Waals surface area contributed by atoms with Gasteiger partial charge in [0.1, 0.15) is 18.1 Å². The normalized spacial score (nSPS) is 10.5. The van der Waals surface area contributed by atoms with Gasteiger partial charge in [-0.25, -0.2) is 0 Å². The van der Waals surface area contributed by atoms with Crippen molar-refractivity contribution in [3.05, 3.63) is 80.7 Å². The van der Waals surface area contributed by atoms with E-state index in [4.69, 9.17) is 37.4 Å². The molecule has 0 saturated carbocycles. The molecule has 0 aliphatic carbocycles. The van der Waals surface area contributed by atoms with Crippen LogP contribution in [0.3, 0.4) is 0 Å². The van der Waals surface area contributed by atoms with Crippen LogP contribution in [0.15, 0.2) is 59.5 Å². The summed E-state index contributed by atoms with van der Waals surface area (Å²) in [6, 6.07) is 13.4. The van der Waals surface area contributed by atoms with Gasteiger partial charge in [-0.1, -0.05) is 23.2 Å². The highest BCUT2D eigenvalue weighted by Gasteiger charge is 2.12. The van der Waals surface area contributed by atoms with E-state index in [2.05, 4.69) is 5.32 Å². The van der Waals surface area contributed by atoms with Crippen molar-refractivity contribution >= 4 is 34.8 Å². The molecule has 0 radical (unpaired) electrons. The van der Waals surface area contributed by atoms with Gasteiger partial charge in [0.25, 0.3) is 5.91 Å². The van der Waals surface area contributed by atoms with Crippen LogP contribution in [0.2, 0.25) is 10.0 Å². The highest BCUT2D eigenvalue weighted by molar-refractivity contribution is 6.42. The summed E-state index contributed by atoms with van der Waals surface area (Å²) < 4.78 is 18.2. The van der Waals surface area contributed by atoms with Gasteiger partial charge in [0.2, 0.25) is 5.43 Å². The standard InChI is InChI=1S/C23H22Cl2N2O5/c1-15-23(32-14-22(29)26-16-3-8-19(24)20(25)13-16)21(28)9-10-27(15)11-12-31-18-6-4-17(30-2)5-7-18/h3-10,13H,11-12,14H2,1-2H3,(H,26,29). The number of amides is 1. The number of aromatic nitrogens is 1.